The Morgan fingerprint density at radius 3 is 2.30 bits per heavy atom. The number of unbranched alkanes of at least 4 members (excludes halogenated alkanes) is 7. The minimum Gasteiger partial charge on any atom is -0.325 e. The first-order valence-corrected chi connectivity index (χ1v) is 8.66. The number of amides is 1. The van der Waals surface area contributed by atoms with Gasteiger partial charge in [0.05, 0.1) is 15.6 Å². The molecular weight excluding hydrogens is 316 g/mol. The number of nitrogens with zero attached hydrogens (tertiary/aromatic N) is 1. The Balaban J connectivity index is 2.23. The normalized spacial score (nSPS) is 10.5. The summed E-state index contributed by atoms with van der Waals surface area (Å²) in [5.74, 6) is -0.105. The van der Waals surface area contributed by atoms with E-state index in [0.29, 0.717) is 12.1 Å². The second-order valence-corrected chi connectivity index (χ2v) is 6.10. The van der Waals surface area contributed by atoms with Crippen LogP contribution in [0.15, 0.2) is 18.2 Å². The zero-order chi connectivity index (χ0) is 17.1. The van der Waals surface area contributed by atoms with E-state index in [-0.39, 0.29) is 16.6 Å². The van der Waals surface area contributed by atoms with Gasteiger partial charge in [0.25, 0.3) is 5.69 Å². The van der Waals surface area contributed by atoms with Gasteiger partial charge >= 0.3 is 0 Å². The first-order chi connectivity index (χ1) is 11.0. The second-order valence-electron chi connectivity index (χ2n) is 5.69. The van der Waals surface area contributed by atoms with Crippen LogP contribution in [0.2, 0.25) is 5.02 Å². The molecule has 0 unspecified atom stereocenters. The number of hydrogen-bond donors (Lipinski definition) is 1. The molecule has 23 heavy (non-hydrogen) atoms. The molecule has 0 radical (unpaired) electrons. The summed E-state index contributed by atoms with van der Waals surface area (Å²) in [5, 5.41) is 13.5. The van der Waals surface area contributed by atoms with Gasteiger partial charge in [-0.05, 0) is 12.5 Å². The first-order valence-electron chi connectivity index (χ1n) is 8.28. The summed E-state index contributed by atoms with van der Waals surface area (Å²) in [6, 6.07) is 4.04. The Kier molecular flexibility index (Phi) is 9.29. The molecule has 0 aliphatic rings. The molecule has 0 atom stereocenters. The Hall–Kier alpha value is -1.62. The fourth-order valence-corrected chi connectivity index (χ4v) is 2.57. The minimum atomic E-state index is -0.516. The molecule has 1 aromatic carbocycles. The highest BCUT2D eigenvalue weighted by atomic mass is 35.5. The van der Waals surface area contributed by atoms with E-state index >= 15 is 0 Å². The summed E-state index contributed by atoms with van der Waals surface area (Å²) in [6.07, 6.45) is 9.88. The Labute approximate surface area is 142 Å². The van der Waals surface area contributed by atoms with Crippen LogP contribution >= 0.6 is 11.6 Å². The van der Waals surface area contributed by atoms with Crippen molar-refractivity contribution in [3.05, 3.63) is 33.3 Å². The molecule has 0 saturated heterocycles. The summed E-state index contributed by atoms with van der Waals surface area (Å²) in [6.45, 7) is 2.20. The van der Waals surface area contributed by atoms with Crippen molar-refractivity contribution in [2.75, 3.05) is 5.32 Å². The molecule has 5 nitrogen and oxygen atoms in total. The maximum absolute atomic E-state index is 11.9. The average Bonchev–Trinajstić information content (AvgIpc) is 2.51. The van der Waals surface area contributed by atoms with Crippen LogP contribution in [0.25, 0.3) is 0 Å². The molecule has 1 amide bonds. The number of carbonyl (C=O) groups is 1. The molecule has 0 saturated carbocycles. The van der Waals surface area contributed by atoms with Gasteiger partial charge in [0.1, 0.15) is 0 Å². The summed E-state index contributed by atoms with van der Waals surface area (Å²) >= 11 is 5.94. The van der Waals surface area contributed by atoms with Crippen molar-refractivity contribution in [3.8, 4) is 0 Å². The molecule has 1 aromatic rings. The summed E-state index contributed by atoms with van der Waals surface area (Å²) in [7, 11) is 0. The lowest BCUT2D eigenvalue weighted by atomic mass is 10.1. The number of non-ortho nitro benzene ring substituents is 1. The standard InChI is InChI=1S/C17H25ClN2O3/c1-2-3-4-5-6-7-8-9-10-17(21)19-16-12-11-14(20(22)23)13-15(16)18/h11-13H,2-10H2,1H3,(H,19,21). The van der Waals surface area contributed by atoms with Gasteiger partial charge in [0, 0.05) is 18.6 Å². The second kappa shape index (κ2) is 11.0. The summed E-state index contributed by atoms with van der Waals surface area (Å²) in [4.78, 5) is 22.0. The van der Waals surface area contributed by atoms with Crippen molar-refractivity contribution in [1.29, 1.82) is 0 Å². The predicted molar refractivity (Wildman–Crippen MR) is 94.0 cm³/mol. The summed E-state index contributed by atoms with van der Waals surface area (Å²) in [5.41, 5.74) is 0.331. The SMILES string of the molecule is CCCCCCCCCCC(=O)Nc1ccc([N+](=O)[O-])cc1Cl. The lowest BCUT2D eigenvalue weighted by molar-refractivity contribution is -0.384. The fourth-order valence-electron chi connectivity index (χ4n) is 2.35. The Morgan fingerprint density at radius 1 is 1.13 bits per heavy atom. The number of nitro benzene ring substituents is 1. The number of anilines is 1. The van der Waals surface area contributed by atoms with Gasteiger partial charge in [0.2, 0.25) is 5.91 Å². The van der Waals surface area contributed by atoms with Crippen molar-refractivity contribution in [1.82, 2.24) is 0 Å². The third-order valence-electron chi connectivity index (χ3n) is 3.69. The third kappa shape index (κ3) is 7.98. The largest absolute Gasteiger partial charge is 0.325 e. The van der Waals surface area contributed by atoms with E-state index in [2.05, 4.69) is 12.2 Å². The number of nitrogens with one attached hydrogen (secondary N) is 1. The topological polar surface area (TPSA) is 72.2 Å². The highest BCUT2D eigenvalue weighted by Crippen LogP contribution is 2.26. The molecule has 0 fully saturated rings. The Morgan fingerprint density at radius 2 is 1.74 bits per heavy atom. The zero-order valence-corrected chi connectivity index (χ0v) is 14.4. The maximum atomic E-state index is 11.9. The molecular formula is C17H25ClN2O3. The highest BCUT2D eigenvalue weighted by Gasteiger charge is 2.11. The smallest absolute Gasteiger partial charge is 0.271 e. The van der Waals surface area contributed by atoms with Gasteiger partial charge in [-0.2, -0.15) is 0 Å². The highest BCUT2D eigenvalue weighted by molar-refractivity contribution is 6.33. The molecule has 128 valence electrons. The lowest BCUT2D eigenvalue weighted by Crippen LogP contribution is -2.11. The van der Waals surface area contributed by atoms with Gasteiger partial charge in [0.15, 0.2) is 0 Å². The molecule has 0 heterocycles. The van der Waals surface area contributed by atoms with Crippen molar-refractivity contribution in [3.63, 3.8) is 0 Å². The molecule has 1 N–H and O–H groups in total. The maximum Gasteiger partial charge on any atom is 0.271 e. The number of nitro groups is 1. The average molecular weight is 341 g/mol. The third-order valence-corrected chi connectivity index (χ3v) is 4.01. The van der Waals surface area contributed by atoms with Crippen LogP contribution in [-0.2, 0) is 4.79 Å². The van der Waals surface area contributed by atoms with E-state index in [0.717, 1.165) is 19.3 Å². The molecule has 6 heteroatoms. The van der Waals surface area contributed by atoms with Crippen molar-refractivity contribution in [2.24, 2.45) is 0 Å². The number of rotatable bonds is 11. The van der Waals surface area contributed by atoms with E-state index in [4.69, 9.17) is 11.6 Å². The first kappa shape index (κ1) is 19.4. The molecule has 1 rings (SSSR count). The van der Waals surface area contributed by atoms with E-state index in [1.807, 2.05) is 0 Å². The van der Waals surface area contributed by atoms with Gasteiger partial charge in [-0.25, -0.2) is 0 Å². The quantitative estimate of drug-likeness (QED) is 0.318. The zero-order valence-electron chi connectivity index (χ0n) is 13.6. The summed E-state index contributed by atoms with van der Waals surface area (Å²) < 4.78 is 0. The van der Waals surface area contributed by atoms with Crippen molar-refractivity contribution in [2.45, 2.75) is 64.7 Å². The minimum absolute atomic E-state index is 0.0870. The van der Waals surface area contributed by atoms with E-state index in [1.54, 1.807) is 0 Å². The number of benzene rings is 1. The number of carbonyl (C=O) groups excluding carboxylic acids is 1. The van der Waals surface area contributed by atoms with Gasteiger partial charge in [-0.1, -0.05) is 63.5 Å². The lowest BCUT2D eigenvalue weighted by Gasteiger charge is -2.07. The molecule has 0 spiro atoms. The fraction of sp³-hybridized carbons (Fsp3) is 0.588. The van der Waals surface area contributed by atoms with Gasteiger partial charge < -0.3 is 5.32 Å². The molecule has 0 aliphatic heterocycles. The van der Waals surface area contributed by atoms with E-state index in [1.165, 1.54) is 50.3 Å². The van der Waals surface area contributed by atoms with Crippen LogP contribution < -0.4 is 5.32 Å². The van der Waals surface area contributed by atoms with Gasteiger partial charge in [-0.3, -0.25) is 14.9 Å². The van der Waals surface area contributed by atoms with E-state index < -0.39 is 4.92 Å². The van der Waals surface area contributed by atoms with Crippen LogP contribution in [0, 0.1) is 10.1 Å². The van der Waals surface area contributed by atoms with Crippen LogP contribution in [0.4, 0.5) is 11.4 Å². The van der Waals surface area contributed by atoms with Crippen LogP contribution in [-0.4, -0.2) is 10.8 Å². The predicted octanol–water partition coefficient (Wildman–Crippen LogP) is 5.72. The molecule has 0 aromatic heterocycles. The Bertz CT molecular complexity index is 521. The van der Waals surface area contributed by atoms with Crippen LogP contribution in [0.1, 0.15) is 64.7 Å². The van der Waals surface area contributed by atoms with Gasteiger partial charge in [-0.15, -0.1) is 0 Å². The molecule has 0 aliphatic carbocycles. The van der Waals surface area contributed by atoms with Crippen molar-refractivity contribution >= 4 is 28.9 Å². The van der Waals surface area contributed by atoms with Crippen LogP contribution in [0.3, 0.4) is 0 Å². The van der Waals surface area contributed by atoms with E-state index in [9.17, 15) is 14.9 Å². The van der Waals surface area contributed by atoms with Crippen molar-refractivity contribution < 1.29 is 9.72 Å². The monoisotopic (exact) mass is 340 g/mol. The number of halogens is 1. The molecule has 0 bridgehead atoms. The van der Waals surface area contributed by atoms with Crippen LogP contribution in [0.5, 0.6) is 0 Å². The number of hydrogen-bond acceptors (Lipinski definition) is 3.